The molecule has 0 radical (unpaired) electrons. The molecule has 0 bridgehead atoms. The smallest absolute Gasteiger partial charge is 0.315 e. The van der Waals surface area contributed by atoms with Crippen molar-refractivity contribution in [1.29, 1.82) is 5.41 Å². The van der Waals surface area contributed by atoms with Crippen molar-refractivity contribution in [3.63, 3.8) is 0 Å². The fourth-order valence-corrected chi connectivity index (χ4v) is 2.64. The summed E-state index contributed by atoms with van der Waals surface area (Å²) in [5.41, 5.74) is 0.504. The van der Waals surface area contributed by atoms with E-state index in [2.05, 4.69) is 0 Å². The molecule has 6 heteroatoms. The van der Waals surface area contributed by atoms with Crippen LogP contribution in [0.15, 0.2) is 30.3 Å². The van der Waals surface area contributed by atoms with E-state index in [0.717, 1.165) is 4.90 Å². The van der Waals surface area contributed by atoms with Crippen LogP contribution in [0.2, 0.25) is 0 Å². The topological polar surface area (TPSA) is 87.5 Å². The van der Waals surface area contributed by atoms with Gasteiger partial charge in [0.05, 0.1) is 18.2 Å². The predicted octanol–water partition coefficient (Wildman–Crippen LogP) is 1.79. The monoisotopic (exact) mass is 302 g/mol. The third-order valence-electron chi connectivity index (χ3n) is 3.61. The number of nitrogens with zero attached hydrogens (tertiary/aromatic N) is 1. The Morgan fingerprint density at radius 1 is 1.36 bits per heavy atom. The van der Waals surface area contributed by atoms with Gasteiger partial charge in [0, 0.05) is 12.1 Å². The summed E-state index contributed by atoms with van der Waals surface area (Å²) in [6.07, 6.45) is -0.0899. The zero-order valence-electron chi connectivity index (χ0n) is 12.5. The molecule has 1 fully saturated rings. The molecule has 0 saturated carbocycles. The molecule has 116 valence electrons. The molecule has 1 aromatic carbocycles. The molecule has 0 spiro atoms. The number of hydrogen-bond acceptors (Lipinski definition) is 5. The maximum absolute atomic E-state index is 12.6. The van der Waals surface area contributed by atoms with Gasteiger partial charge in [-0.3, -0.25) is 19.3 Å². The average molecular weight is 302 g/mol. The van der Waals surface area contributed by atoms with E-state index in [1.54, 1.807) is 37.3 Å². The highest BCUT2D eigenvalue weighted by Gasteiger charge is 2.47. The Labute approximate surface area is 128 Å². The average Bonchev–Trinajstić information content (AvgIpc) is 2.75. The van der Waals surface area contributed by atoms with Crippen LogP contribution in [-0.4, -0.2) is 30.1 Å². The van der Waals surface area contributed by atoms with Crippen LogP contribution in [0.3, 0.4) is 0 Å². The molecule has 2 atom stereocenters. The van der Waals surface area contributed by atoms with E-state index >= 15 is 0 Å². The minimum absolute atomic E-state index is 0.0273. The van der Waals surface area contributed by atoms with Gasteiger partial charge in [-0.05, 0) is 26.0 Å². The standard InChI is InChI=1S/C16H18N2O4/c1-3-22-16(21)14(10(2)17)12-9-13(19)18(15(12)20)11-7-5-4-6-8-11/h4-8,12,14,17H,3,9H2,1-2H3/t12-,14+/m1/s1. The summed E-state index contributed by atoms with van der Waals surface area (Å²) >= 11 is 0. The third-order valence-corrected chi connectivity index (χ3v) is 3.61. The van der Waals surface area contributed by atoms with Crippen molar-refractivity contribution in [2.24, 2.45) is 11.8 Å². The van der Waals surface area contributed by atoms with Gasteiger partial charge in [0.2, 0.25) is 11.8 Å². The fraction of sp³-hybridized carbons (Fsp3) is 0.375. The molecule has 1 N–H and O–H groups in total. The number of esters is 1. The molecule has 0 aromatic heterocycles. The Hall–Kier alpha value is -2.50. The Kier molecular flexibility index (Phi) is 4.70. The van der Waals surface area contributed by atoms with Crippen LogP contribution in [0, 0.1) is 17.2 Å². The van der Waals surface area contributed by atoms with Gasteiger partial charge in [-0.2, -0.15) is 0 Å². The number of anilines is 1. The third kappa shape index (κ3) is 2.90. The quantitative estimate of drug-likeness (QED) is 0.510. The molecule has 2 amide bonds. The van der Waals surface area contributed by atoms with E-state index in [0.29, 0.717) is 5.69 Å². The molecule has 0 aliphatic carbocycles. The second kappa shape index (κ2) is 6.51. The molecule has 1 aromatic rings. The second-order valence-electron chi connectivity index (χ2n) is 5.13. The van der Waals surface area contributed by atoms with E-state index in [1.807, 2.05) is 0 Å². The normalized spacial score (nSPS) is 19.2. The largest absolute Gasteiger partial charge is 0.465 e. The minimum Gasteiger partial charge on any atom is -0.465 e. The number of benzene rings is 1. The maximum Gasteiger partial charge on any atom is 0.315 e. The summed E-state index contributed by atoms with van der Waals surface area (Å²) < 4.78 is 4.94. The highest BCUT2D eigenvalue weighted by atomic mass is 16.5. The number of carbonyl (C=O) groups excluding carboxylic acids is 3. The van der Waals surface area contributed by atoms with Crippen molar-refractivity contribution >= 4 is 29.2 Å². The fourth-order valence-electron chi connectivity index (χ4n) is 2.64. The SMILES string of the molecule is CCOC(=O)[C@@H](C(C)=N)[C@H]1CC(=O)N(c2ccccc2)C1=O. The van der Waals surface area contributed by atoms with Crippen LogP contribution in [0.5, 0.6) is 0 Å². The van der Waals surface area contributed by atoms with Gasteiger partial charge >= 0.3 is 5.97 Å². The summed E-state index contributed by atoms with van der Waals surface area (Å²) in [6, 6.07) is 8.57. The van der Waals surface area contributed by atoms with Gasteiger partial charge in [-0.15, -0.1) is 0 Å². The van der Waals surface area contributed by atoms with Crippen LogP contribution in [0.25, 0.3) is 0 Å². The van der Waals surface area contributed by atoms with E-state index in [1.165, 1.54) is 6.92 Å². The van der Waals surface area contributed by atoms with Crippen molar-refractivity contribution < 1.29 is 19.1 Å². The summed E-state index contributed by atoms with van der Waals surface area (Å²) in [7, 11) is 0. The van der Waals surface area contributed by atoms with Gasteiger partial charge in [0.15, 0.2) is 0 Å². The second-order valence-corrected chi connectivity index (χ2v) is 5.13. The number of amides is 2. The van der Waals surface area contributed by atoms with E-state index < -0.39 is 23.7 Å². The molecule has 1 saturated heterocycles. The number of imide groups is 1. The van der Waals surface area contributed by atoms with Crippen molar-refractivity contribution in [2.75, 3.05) is 11.5 Å². The zero-order valence-corrected chi connectivity index (χ0v) is 12.5. The molecular weight excluding hydrogens is 284 g/mol. The number of carbonyl (C=O) groups is 3. The lowest BCUT2D eigenvalue weighted by Crippen LogP contribution is -2.37. The van der Waals surface area contributed by atoms with Gasteiger partial charge in [0.1, 0.15) is 5.92 Å². The van der Waals surface area contributed by atoms with E-state index in [4.69, 9.17) is 10.1 Å². The van der Waals surface area contributed by atoms with Crippen LogP contribution in [-0.2, 0) is 19.1 Å². The van der Waals surface area contributed by atoms with Crippen LogP contribution >= 0.6 is 0 Å². The van der Waals surface area contributed by atoms with Crippen molar-refractivity contribution in [3.05, 3.63) is 30.3 Å². The van der Waals surface area contributed by atoms with Crippen LogP contribution in [0.1, 0.15) is 20.3 Å². The first-order valence-electron chi connectivity index (χ1n) is 7.10. The predicted molar refractivity (Wildman–Crippen MR) is 80.6 cm³/mol. The molecule has 6 nitrogen and oxygen atoms in total. The Bertz CT molecular complexity index is 612. The molecule has 1 heterocycles. The number of nitrogens with one attached hydrogen (secondary N) is 1. The molecule has 0 unspecified atom stereocenters. The Balaban J connectivity index is 2.30. The first-order chi connectivity index (χ1) is 10.5. The van der Waals surface area contributed by atoms with E-state index in [-0.39, 0.29) is 24.6 Å². The van der Waals surface area contributed by atoms with Crippen LogP contribution in [0.4, 0.5) is 5.69 Å². The summed E-state index contributed by atoms with van der Waals surface area (Å²) in [4.78, 5) is 37.9. The molecule has 2 rings (SSSR count). The number of ether oxygens (including phenoxy) is 1. The number of para-hydroxylation sites is 1. The zero-order chi connectivity index (χ0) is 16.3. The Morgan fingerprint density at radius 3 is 2.55 bits per heavy atom. The van der Waals surface area contributed by atoms with Crippen LogP contribution < -0.4 is 4.90 Å². The maximum atomic E-state index is 12.6. The minimum atomic E-state index is -1.01. The Morgan fingerprint density at radius 2 is 2.00 bits per heavy atom. The molecule has 1 aliphatic rings. The van der Waals surface area contributed by atoms with Crippen molar-refractivity contribution in [3.8, 4) is 0 Å². The summed E-state index contributed by atoms with van der Waals surface area (Å²) in [5, 5.41) is 7.77. The summed E-state index contributed by atoms with van der Waals surface area (Å²) in [6.45, 7) is 3.27. The lowest BCUT2D eigenvalue weighted by Gasteiger charge is -2.20. The first kappa shape index (κ1) is 15.9. The number of hydrogen-bond donors (Lipinski definition) is 1. The summed E-state index contributed by atoms with van der Waals surface area (Å²) in [5.74, 6) is -3.33. The lowest BCUT2D eigenvalue weighted by atomic mass is 9.87. The lowest BCUT2D eigenvalue weighted by molar-refractivity contribution is -0.148. The molecular formula is C16H18N2O4. The van der Waals surface area contributed by atoms with E-state index in [9.17, 15) is 14.4 Å². The number of rotatable bonds is 5. The van der Waals surface area contributed by atoms with Gasteiger partial charge in [-0.25, -0.2) is 0 Å². The molecule has 22 heavy (non-hydrogen) atoms. The molecule has 1 aliphatic heterocycles. The highest BCUT2D eigenvalue weighted by Crippen LogP contribution is 2.32. The first-order valence-corrected chi connectivity index (χ1v) is 7.10. The van der Waals surface area contributed by atoms with Gasteiger partial charge in [-0.1, -0.05) is 18.2 Å². The van der Waals surface area contributed by atoms with Crippen molar-refractivity contribution in [2.45, 2.75) is 20.3 Å². The van der Waals surface area contributed by atoms with Gasteiger partial charge in [0.25, 0.3) is 0 Å². The van der Waals surface area contributed by atoms with Gasteiger partial charge < -0.3 is 10.1 Å². The van der Waals surface area contributed by atoms with Crippen molar-refractivity contribution in [1.82, 2.24) is 0 Å². The highest BCUT2D eigenvalue weighted by molar-refractivity contribution is 6.23.